The number of ether oxygens (including phenoxy) is 1. The third-order valence-electron chi connectivity index (χ3n) is 5.71. The minimum Gasteiger partial charge on any atom is -0.379 e. The van der Waals surface area contributed by atoms with Crippen LogP contribution in [0.25, 0.3) is 0 Å². The number of phosphoric acid groups is 1. The zero-order chi connectivity index (χ0) is 21.0. The van der Waals surface area contributed by atoms with E-state index in [4.69, 9.17) is 18.3 Å². The van der Waals surface area contributed by atoms with Crippen molar-refractivity contribution in [1.29, 1.82) is 0 Å². The summed E-state index contributed by atoms with van der Waals surface area (Å²) in [6.45, 7) is 3.23. The minimum absolute atomic E-state index is 0.0414. The Morgan fingerprint density at radius 3 is 1.55 bits per heavy atom. The molecule has 0 aromatic rings. The maximum Gasteiger partial charge on any atom is 0.475 e. The van der Waals surface area contributed by atoms with Crippen LogP contribution in [0, 0.1) is 0 Å². The second kappa shape index (κ2) is 18.8. The Bertz CT molecular complexity index is 395. The van der Waals surface area contributed by atoms with Crippen LogP contribution >= 0.6 is 7.82 Å². The summed E-state index contributed by atoms with van der Waals surface area (Å²) in [5.74, 6) is 0. The highest BCUT2D eigenvalue weighted by molar-refractivity contribution is 7.48. The van der Waals surface area contributed by atoms with Crippen molar-refractivity contribution in [3.8, 4) is 0 Å². The molecule has 0 spiro atoms. The first-order chi connectivity index (χ1) is 14.2. The van der Waals surface area contributed by atoms with Crippen molar-refractivity contribution in [3.63, 3.8) is 0 Å². The van der Waals surface area contributed by atoms with Crippen molar-refractivity contribution in [2.75, 3.05) is 26.9 Å². The van der Waals surface area contributed by atoms with Crippen molar-refractivity contribution in [3.05, 3.63) is 0 Å². The lowest BCUT2D eigenvalue weighted by molar-refractivity contribution is 0.0382. The molecule has 5 nitrogen and oxygen atoms in total. The van der Waals surface area contributed by atoms with E-state index in [0.717, 1.165) is 12.8 Å². The fourth-order valence-corrected chi connectivity index (χ4v) is 4.94. The number of phosphoric ester groups is 1. The van der Waals surface area contributed by atoms with Gasteiger partial charge in [0.25, 0.3) is 0 Å². The van der Waals surface area contributed by atoms with E-state index < -0.39 is 7.82 Å². The topological polar surface area (TPSA) is 54.0 Å². The van der Waals surface area contributed by atoms with Crippen LogP contribution in [0.2, 0.25) is 0 Å². The molecule has 0 aromatic carbocycles. The molecule has 1 aliphatic rings. The molecule has 1 rings (SSSR count). The zero-order valence-electron chi connectivity index (χ0n) is 19.2. The first kappa shape index (κ1) is 27.1. The molecule has 1 saturated heterocycles. The third-order valence-corrected chi connectivity index (χ3v) is 7.18. The molecular weight excluding hydrogens is 387 g/mol. The normalized spacial score (nSPS) is 17.0. The first-order valence-corrected chi connectivity index (χ1v) is 13.7. The summed E-state index contributed by atoms with van der Waals surface area (Å²) in [4.78, 5) is 0. The molecule has 0 bridgehead atoms. The van der Waals surface area contributed by atoms with E-state index in [1.807, 2.05) is 0 Å². The Hall–Kier alpha value is 0.0700. The van der Waals surface area contributed by atoms with Gasteiger partial charge in [-0.25, -0.2) is 4.57 Å². The molecule has 6 heteroatoms. The Morgan fingerprint density at radius 2 is 1.14 bits per heavy atom. The van der Waals surface area contributed by atoms with Gasteiger partial charge in [0.2, 0.25) is 0 Å². The van der Waals surface area contributed by atoms with E-state index in [-0.39, 0.29) is 12.7 Å². The maximum atomic E-state index is 11.9. The zero-order valence-corrected chi connectivity index (χ0v) is 20.1. The highest BCUT2D eigenvalue weighted by Crippen LogP contribution is 2.52. The van der Waals surface area contributed by atoms with Gasteiger partial charge in [-0.2, -0.15) is 0 Å². The van der Waals surface area contributed by atoms with Gasteiger partial charge in [0.05, 0.1) is 25.9 Å². The lowest BCUT2D eigenvalue weighted by atomic mass is 10.0. The van der Waals surface area contributed by atoms with E-state index in [1.54, 1.807) is 7.11 Å². The molecule has 0 amide bonds. The summed E-state index contributed by atoms with van der Waals surface area (Å²) < 4.78 is 32.7. The molecule has 1 fully saturated rings. The SMILES string of the molecule is CCCCCCCCCCCCCCCCCCC(COP1(=O)OCCO1)OC. The summed E-state index contributed by atoms with van der Waals surface area (Å²) in [6, 6.07) is 0. The van der Waals surface area contributed by atoms with Gasteiger partial charge >= 0.3 is 7.82 Å². The van der Waals surface area contributed by atoms with Crippen LogP contribution in [0.15, 0.2) is 0 Å². The quantitative estimate of drug-likeness (QED) is 0.136. The van der Waals surface area contributed by atoms with Gasteiger partial charge in [-0.15, -0.1) is 0 Å². The van der Waals surface area contributed by atoms with Crippen molar-refractivity contribution in [2.45, 2.75) is 122 Å². The fourth-order valence-electron chi connectivity index (χ4n) is 3.77. The third kappa shape index (κ3) is 15.5. The van der Waals surface area contributed by atoms with E-state index in [9.17, 15) is 4.57 Å². The molecule has 29 heavy (non-hydrogen) atoms. The van der Waals surface area contributed by atoms with Crippen LogP contribution in [-0.4, -0.2) is 33.0 Å². The standard InChI is InChI=1S/C23H47O5P/c1-3-4-5-6-7-8-9-10-11-12-13-14-15-16-17-18-19-23(25-2)22-28-29(24)26-20-21-27-29/h23H,3-22H2,1-2H3. The minimum atomic E-state index is -3.29. The van der Waals surface area contributed by atoms with Crippen molar-refractivity contribution >= 4 is 7.82 Å². The number of unbranched alkanes of at least 4 members (excludes halogenated alkanes) is 15. The average molecular weight is 435 g/mol. The molecular formula is C23H47O5P. The van der Waals surface area contributed by atoms with E-state index in [0.29, 0.717) is 13.2 Å². The monoisotopic (exact) mass is 434 g/mol. The van der Waals surface area contributed by atoms with Gasteiger partial charge in [-0.1, -0.05) is 110 Å². The molecule has 1 unspecified atom stereocenters. The Labute approximate surface area is 180 Å². The summed E-state index contributed by atoms with van der Waals surface area (Å²) in [5.41, 5.74) is 0. The number of hydrogen-bond acceptors (Lipinski definition) is 5. The molecule has 1 atom stereocenters. The number of rotatable bonds is 21. The predicted octanol–water partition coefficient (Wildman–Crippen LogP) is 7.82. The summed E-state index contributed by atoms with van der Waals surface area (Å²) in [6.07, 6.45) is 22.8. The first-order valence-electron chi connectivity index (χ1n) is 12.3. The van der Waals surface area contributed by atoms with E-state index >= 15 is 0 Å². The largest absolute Gasteiger partial charge is 0.475 e. The highest BCUT2D eigenvalue weighted by Gasteiger charge is 2.32. The number of methoxy groups -OCH3 is 1. The highest BCUT2D eigenvalue weighted by atomic mass is 31.2. The average Bonchev–Trinajstić information content (AvgIpc) is 3.16. The van der Waals surface area contributed by atoms with Gasteiger partial charge < -0.3 is 4.74 Å². The van der Waals surface area contributed by atoms with Gasteiger partial charge in [-0.05, 0) is 6.42 Å². The Morgan fingerprint density at radius 1 is 0.724 bits per heavy atom. The van der Waals surface area contributed by atoms with Crippen LogP contribution in [0.5, 0.6) is 0 Å². The van der Waals surface area contributed by atoms with Crippen LogP contribution in [0.3, 0.4) is 0 Å². The lowest BCUT2D eigenvalue weighted by Gasteiger charge is -2.17. The van der Waals surface area contributed by atoms with Crippen LogP contribution in [0.4, 0.5) is 0 Å². The fraction of sp³-hybridized carbons (Fsp3) is 1.00. The van der Waals surface area contributed by atoms with Crippen molar-refractivity contribution < 1.29 is 22.9 Å². The maximum absolute atomic E-state index is 11.9. The molecule has 0 radical (unpaired) electrons. The molecule has 0 N–H and O–H groups in total. The Balaban J connectivity index is 1.80. The molecule has 1 heterocycles. The molecule has 174 valence electrons. The second-order valence-electron chi connectivity index (χ2n) is 8.36. The van der Waals surface area contributed by atoms with Crippen LogP contribution in [0.1, 0.15) is 116 Å². The molecule has 0 aromatic heterocycles. The van der Waals surface area contributed by atoms with Gasteiger partial charge in [0.1, 0.15) is 0 Å². The molecule has 0 aliphatic carbocycles. The van der Waals surface area contributed by atoms with Crippen molar-refractivity contribution in [2.24, 2.45) is 0 Å². The van der Waals surface area contributed by atoms with Crippen LogP contribution < -0.4 is 0 Å². The summed E-state index contributed by atoms with van der Waals surface area (Å²) >= 11 is 0. The van der Waals surface area contributed by atoms with E-state index in [2.05, 4.69) is 6.92 Å². The van der Waals surface area contributed by atoms with Crippen LogP contribution in [-0.2, 0) is 22.9 Å². The van der Waals surface area contributed by atoms with Gasteiger partial charge in [-0.3, -0.25) is 13.6 Å². The van der Waals surface area contributed by atoms with E-state index in [1.165, 1.54) is 96.3 Å². The van der Waals surface area contributed by atoms with Gasteiger partial charge in [0, 0.05) is 7.11 Å². The predicted molar refractivity (Wildman–Crippen MR) is 120 cm³/mol. The molecule has 1 aliphatic heterocycles. The Kier molecular flexibility index (Phi) is 17.6. The van der Waals surface area contributed by atoms with Crippen molar-refractivity contribution in [1.82, 2.24) is 0 Å². The summed E-state index contributed by atoms with van der Waals surface area (Å²) in [7, 11) is -1.62. The summed E-state index contributed by atoms with van der Waals surface area (Å²) in [5, 5.41) is 0. The smallest absolute Gasteiger partial charge is 0.379 e. The van der Waals surface area contributed by atoms with Gasteiger partial charge in [0.15, 0.2) is 0 Å². The molecule has 0 saturated carbocycles. The number of hydrogen-bond donors (Lipinski definition) is 0. The lowest BCUT2D eigenvalue weighted by Crippen LogP contribution is -2.17. The second-order valence-corrected chi connectivity index (χ2v) is 10.0.